The van der Waals surface area contributed by atoms with Crippen molar-refractivity contribution in [1.82, 2.24) is 0 Å². The van der Waals surface area contributed by atoms with Gasteiger partial charge in [-0.25, -0.2) is 0 Å². The standard InChI is InChI=1S/C27H40O7/c1-13(7-8-19(31)32)14-11-18(30)27(6)20-15(28)12-16-24(2,3)17(29)9-10-25(16,4)21(20)22(33)23(34)26(14,27)5/h13-17,23,28-29,34H,7-12H2,1-6H3,(H,31,32)/t13-,14-,15+,16+,17+,23-,25+,26+,27+/m0/s1. The van der Waals surface area contributed by atoms with Gasteiger partial charge in [0.25, 0.3) is 0 Å². The summed E-state index contributed by atoms with van der Waals surface area (Å²) in [6.45, 7) is 11.4. The van der Waals surface area contributed by atoms with Crippen LogP contribution in [0.1, 0.15) is 80.1 Å². The minimum atomic E-state index is -1.42. The molecular formula is C27H40O7. The van der Waals surface area contributed by atoms with Crippen LogP contribution >= 0.6 is 0 Å². The predicted octanol–water partition coefficient (Wildman–Crippen LogP) is 2.90. The number of ketones is 2. The number of hydrogen-bond acceptors (Lipinski definition) is 6. The van der Waals surface area contributed by atoms with E-state index in [-0.39, 0.29) is 36.4 Å². The van der Waals surface area contributed by atoms with E-state index in [9.17, 15) is 29.7 Å². The van der Waals surface area contributed by atoms with Crippen molar-refractivity contribution in [3.05, 3.63) is 11.1 Å². The van der Waals surface area contributed by atoms with E-state index in [4.69, 9.17) is 5.11 Å². The molecule has 0 aromatic carbocycles. The second-order valence-corrected chi connectivity index (χ2v) is 12.7. The molecule has 2 fully saturated rings. The average molecular weight is 477 g/mol. The molecule has 0 bridgehead atoms. The molecule has 34 heavy (non-hydrogen) atoms. The van der Waals surface area contributed by atoms with Crippen molar-refractivity contribution in [2.75, 3.05) is 0 Å². The van der Waals surface area contributed by atoms with Gasteiger partial charge in [0.15, 0.2) is 5.78 Å². The van der Waals surface area contributed by atoms with Gasteiger partial charge in [-0.2, -0.15) is 0 Å². The van der Waals surface area contributed by atoms with Gasteiger partial charge in [-0.05, 0) is 66.8 Å². The zero-order valence-electron chi connectivity index (χ0n) is 21.2. The Morgan fingerprint density at radius 1 is 1.09 bits per heavy atom. The Bertz CT molecular complexity index is 966. The van der Waals surface area contributed by atoms with Crippen LogP contribution in [0, 0.1) is 39.4 Å². The lowest BCUT2D eigenvalue weighted by atomic mass is 9.42. The molecule has 0 heterocycles. The highest BCUT2D eigenvalue weighted by molar-refractivity contribution is 6.07. The molecule has 0 spiro atoms. The Labute approximate surface area is 201 Å². The number of carboxylic acids is 1. The maximum Gasteiger partial charge on any atom is 0.303 e. The van der Waals surface area contributed by atoms with Crippen molar-refractivity contribution in [2.45, 2.75) is 98.4 Å². The molecule has 0 aromatic heterocycles. The van der Waals surface area contributed by atoms with Gasteiger partial charge in [0.1, 0.15) is 11.9 Å². The van der Waals surface area contributed by atoms with Crippen molar-refractivity contribution in [3.8, 4) is 0 Å². The van der Waals surface area contributed by atoms with Crippen LogP contribution in [0.4, 0.5) is 0 Å². The van der Waals surface area contributed by atoms with Crippen LogP contribution in [0.15, 0.2) is 11.1 Å². The quantitative estimate of drug-likeness (QED) is 0.490. The highest BCUT2D eigenvalue weighted by Gasteiger charge is 2.73. The molecule has 4 aliphatic rings. The van der Waals surface area contributed by atoms with Crippen LogP contribution in [0.25, 0.3) is 0 Å². The topological polar surface area (TPSA) is 132 Å². The first kappa shape index (κ1) is 25.5. The monoisotopic (exact) mass is 476 g/mol. The Balaban J connectivity index is 1.90. The summed E-state index contributed by atoms with van der Waals surface area (Å²) in [5.41, 5.74) is -2.68. The molecule has 9 atom stereocenters. The Morgan fingerprint density at radius 2 is 1.71 bits per heavy atom. The lowest BCUT2D eigenvalue weighted by Gasteiger charge is -2.62. The van der Waals surface area contributed by atoms with Crippen LogP contribution in [0.2, 0.25) is 0 Å². The highest BCUT2D eigenvalue weighted by atomic mass is 16.4. The lowest BCUT2D eigenvalue weighted by molar-refractivity contribution is -0.159. The van der Waals surface area contributed by atoms with Crippen LogP contribution in [-0.2, 0) is 14.4 Å². The fourth-order valence-corrected chi connectivity index (χ4v) is 8.67. The molecule has 7 nitrogen and oxygen atoms in total. The van der Waals surface area contributed by atoms with Crippen molar-refractivity contribution >= 4 is 17.5 Å². The minimum absolute atomic E-state index is 0.0452. The fraction of sp³-hybridized carbons (Fsp3) is 0.815. The zero-order valence-corrected chi connectivity index (χ0v) is 21.2. The van der Waals surface area contributed by atoms with Crippen LogP contribution < -0.4 is 0 Å². The molecule has 0 aromatic rings. The second kappa shape index (κ2) is 7.71. The summed E-state index contributed by atoms with van der Waals surface area (Å²) in [6, 6.07) is 0. The van der Waals surface area contributed by atoms with E-state index in [1.54, 1.807) is 13.8 Å². The Kier molecular flexibility index (Phi) is 5.79. The number of carboxylic acid groups (broad SMARTS) is 1. The maximum absolute atomic E-state index is 14.0. The largest absolute Gasteiger partial charge is 0.481 e. The number of aliphatic hydroxyl groups is 3. The summed E-state index contributed by atoms with van der Waals surface area (Å²) in [4.78, 5) is 38.9. The van der Waals surface area contributed by atoms with E-state index in [2.05, 4.69) is 0 Å². The number of carbonyl (C=O) groups excluding carboxylic acids is 2. The van der Waals surface area contributed by atoms with Gasteiger partial charge in [-0.1, -0.05) is 34.6 Å². The van der Waals surface area contributed by atoms with Crippen LogP contribution in [0.5, 0.6) is 0 Å². The van der Waals surface area contributed by atoms with Crippen LogP contribution in [0.3, 0.4) is 0 Å². The first-order valence-electron chi connectivity index (χ1n) is 12.6. The maximum atomic E-state index is 14.0. The SMILES string of the molecule is C[C@@H](CCC(=O)O)[C@@H]1CC(=O)[C@]2(C)C3=C(C(=O)[C@H](O)[C@@]12C)[C@]1(C)CC[C@@H](O)C(C)(C)[C@H]1C[C@H]3O. The number of aliphatic hydroxyl groups excluding tert-OH is 3. The molecule has 0 unspecified atom stereocenters. The number of fused-ring (bicyclic) bond motifs is 4. The van der Waals surface area contributed by atoms with Gasteiger partial charge < -0.3 is 20.4 Å². The molecule has 2 saturated carbocycles. The van der Waals surface area contributed by atoms with Gasteiger partial charge in [0, 0.05) is 23.8 Å². The van der Waals surface area contributed by atoms with E-state index < -0.39 is 51.7 Å². The number of hydrogen-bond donors (Lipinski definition) is 4. The number of Topliss-reactive ketones (excluding diaryl/α,β-unsaturated/α-hetero) is 2. The van der Waals surface area contributed by atoms with Crippen molar-refractivity contribution in [1.29, 1.82) is 0 Å². The highest BCUT2D eigenvalue weighted by Crippen LogP contribution is 2.70. The molecule has 4 N–H and O–H groups in total. The van der Waals surface area contributed by atoms with E-state index in [0.717, 1.165) is 0 Å². The molecular weight excluding hydrogens is 436 g/mol. The van der Waals surface area contributed by atoms with E-state index in [0.29, 0.717) is 36.8 Å². The fourth-order valence-electron chi connectivity index (χ4n) is 8.67. The summed E-state index contributed by atoms with van der Waals surface area (Å²) < 4.78 is 0. The lowest BCUT2D eigenvalue weighted by Crippen LogP contribution is -2.64. The molecule has 4 rings (SSSR count). The normalized spacial score (nSPS) is 46.6. The Hall–Kier alpha value is -1.57. The summed E-state index contributed by atoms with van der Waals surface area (Å²) in [5.74, 6) is -2.18. The predicted molar refractivity (Wildman–Crippen MR) is 125 cm³/mol. The molecule has 7 heteroatoms. The summed E-state index contributed by atoms with van der Waals surface area (Å²) in [7, 11) is 0. The van der Waals surface area contributed by atoms with Crippen molar-refractivity contribution in [2.24, 2.45) is 39.4 Å². The van der Waals surface area contributed by atoms with Gasteiger partial charge in [-0.15, -0.1) is 0 Å². The van der Waals surface area contributed by atoms with Crippen LogP contribution in [-0.4, -0.2) is 56.3 Å². The van der Waals surface area contributed by atoms with E-state index >= 15 is 0 Å². The van der Waals surface area contributed by atoms with Crippen molar-refractivity contribution in [3.63, 3.8) is 0 Å². The molecule has 190 valence electrons. The number of carbonyl (C=O) groups is 3. The third-order valence-corrected chi connectivity index (χ3v) is 11.0. The number of rotatable bonds is 4. The third-order valence-electron chi connectivity index (χ3n) is 11.0. The molecule has 0 amide bonds. The summed E-state index contributed by atoms with van der Waals surface area (Å²) in [6.07, 6.45) is -1.15. The molecule has 0 radical (unpaired) electrons. The zero-order chi connectivity index (χ0) is 25.6. The first-order chi connectivity index (χ1) is 15.6. The third kappa shape index (κ3) is 2.96. The molecule has 4 aliphatic carbocycles. The summed E-state index contributed by atoms with van der Waals surface area (Å²) in [5, 5.41) is 43.0. The molecule has 0 aliphatic heterocycles. The van der Waals surface area contributed by atoms with Gasteiger partial charge in [0.2, 0.25) is 0 Å². The summed E-state index contributed by atoms with van der Waals surface area (Å²) >= 11 is 0. The smallest absolute Gasteiger partial charge is 0.303 e. The molecule has 0 saturated heterocycles. The van der Waals surface area contributed by atoms with Gasteiger partial charge in [-0.3, -0.25) is 14.4 Å². The van der Waals surface area contributed by atoms with E-state index in [1.807, 2.05) is 27.7 Å². The van der Waals surface area contributed by atoms with Crippen molar-refractivity contribution < 1.29 is 34.8 Å². The van der Waals surface area contributed by atoms with Gasteiger partial charge in [0.05, 0.1) is 17.6 Å². The second-order valence-electron chi connectivity index (χ2n) is 12.7. The van der Waals surface area contributed by atoms with E-state index in [1.165, 1.54) is 0 Å². The first-order valence-corrected chi connectivity index (χ1v) is 12.6. The van der Waals surface area contributed by atoms with Gasteiger partial charge >= 0.3 is 5.97 Å². The minimum Gasteiger partial charge on any atom is -0.481 e. The number of aliphatic carboxylic acids is 1. The average Bonchev–Trinajstić information content (AvgIpc) is 2.97. The Morgan fingerprint density at radius 3 is 2.29 bits per heavy atom.